The largest absolute Gasteiger partial charge is 0.466 e. The Balaban J connectivity index is 1.97. The molecular formula is C21H28N2O5S. The molecule has 7 nitrogen and oxygen atoms in total. The lowest BCUT2D eigenvalue weighted by Crippen LogP contribution is -2.29. The van der Waals surface area contributed by atoms with Gasteiger partial charge in [-0.3, -0.25) is 19.0 Å². The minimum Gasteiger partial charge on any atom is -0.466 e. The molecule has 0 saturated heterocycles. The van der Waals surface area contributed by atoms with Crippen LogP contribution in [0.25, 0.3) is 10.2 Å². The molecule has 0 aliphatic heterocycles. The molecule has 0 radical (unpaired) electrons. The van der Waals surface area contributed by atoms with Crippen LogP contribution >= 0.6 is 11.3 Å². The standard InChI is InChI=1S/C21H28N2O5S/c1-5-27-21(26)14-7-6-8-15-17(14)18-19(29-15)22-13(4)23(20(18)25)11-16(24)28-10-9-12(2)3/h12,14H,5-11H2,1-4H3. The molecule has 0 saturated carbocycles. The molecule has 0 amide bonds. The van der Waals surface area contributed by atoms with Crippen molar-refractivity contribution in [2.75, 3.05) is 13.2 Å². The van der Waals surface area contributed by atoms with Crippen LogP contribution in [-0.4, -0.2) is 34.7 Å². The van der Waals surface area contributed by atoms with Gasteiger partial charge in [0.15, 0.2) is 0 Å². The average Bonchev–Trinajstić information content (AvgIpc) is 3.03. The first-order valence-corrected chi connectivity index (χ1v) is 11.0. The van der Waals surface area contributed by atoms with Crippen molar-refractivity contribution in [2.45, 2.75) is 65.8 Å². The molecule has 2 aromatic heterocycles. The van der Waals surface area contributed by atoms with E-state index in [0.717, 1.165) is 29.7 Å². The number of hydrogen-bond acceptors (Lipinski definition) is 7. The van der Waals surface area contributed by atoms with Crippen LogP contribution in [0.2, 0.25) is 0 Å². The molecule has 1 atom stereocenters. The molecular weight excluding hydrogens is 392 g/mol. The Morgan fingerprint density at radius 2 is 2.07 bits per heavy atom. The summed E-state index contributed by atoms with van der Waals surface area (Å²) in [4.78, 5) is 44.2. The lowest BCUT2D eigenvalue weighted by atomic mass is 9.86. The van der Waals surface area contributed by atoms with E-state index in [-0.39, 0.29) is 18.1 Å². The molecule has 158 valence electrons. The fourth-order valence-electron chi connectivity index (χ4n) is 3.67. The van der Waals surface area contributed by atoms with Gasteiger partial charge in [0.2, 0.25) is 0 Å². The number of nitrogens with zero attached hydrogens (tertiary/aromatic N) is 2. The van der Waals surface area contributed by atoms with E-state index in [1.165, 1.54) is 15.9 Å². The van der Waals surface area contributed by atoms with E-state index in [0.29, 0.717) is 41.6 Å². The fraction of sp³-hybridized carbons (Fsp3) is 0.619. The number of aryl methyl sites for hydroxylation is 2. The van der Waals surface area contributed by atoms with E-state index in [4.69, 9.17) is 9.47 Å². The molecule has 1 unspecified atom stereocenters. The average molecular weight is 421 g/mol. The molecule has 8 heteroatoms. The third kappa shape index (κ3) is 4.52. The van der Waals surface area contributed by atoms with Crippen LogP contribution in [0.3, 0.4) is 0 Å². The summed E-state index contributed by atoms with van der Waals surface area (Å²) in [6.45, 7) is 8.05. The fourth-order valence-corrected chi connectivity index (χ4v) is 4.98. The van der Waals surface area contributed by atoms with Crippen LogP contribution < -0.4 is 5.56 Å². The lowest BCUT2D eigenvalue weighted by Gasteiger charge is -2.21. The third-order valence-corrected chi connectivity index (χ3v) is 6.34. The molecule has 1 aliphatic rings. The van der Waals surface area contributed by atoms with Gasteiger partial charge in [0.05, 0.1) is 24.5 Å². The van der Waals surface area contributed by atoms with Crippen molar-refractivity contribution in [1.82, 2.24) is 9.55 Å². The summed E-state index contributed by atoms with van der Waals surface area (Å²) in [5.74, 6) is -0.302. The van der Waals surface area contributed by atoms with Gasteiger partial charge >= 0.3 is 11.9 Å². The van der Waals surface area contributed by atoms with Crippen molar-refractivity contribution in [3.05, 3.63) is 26.6 Å². The molecule has 0 N–H and O–H groups in total. The summed E-state index contributed by atoms with van der Waals surface area (Å²) in [5, 5.41) is 0.448. The molecule has 0 aromatic carbocycles. The minimum absolute atomic E-state index is 0.180. The molecule has 3 rings (SSSR count). The second kappa shape index (κ2) is 9.07. The first kappa shape index (κ1) is 21.5. The molecule has 0 spiro atoms. The number of rotatable bonds is 7. The van der Waals surface area contributed by atoms with Gasteiger partial charge in [-0.1, -0.05) is 13.8 Å². The Labute approximate surface area is 174 Å². The van der Waals surface area contributed by atoms with Gasteiger partial charge in [-0.05, 0) is 51.0 Å². The Morgan fingerprint density at radius 1 is 1.31 bits per heavy atom. The van der Waals surface area contributed by atoms with Crippen molar-refractivity contribution in [2.24, 2.45) is 5.92 Å². The van der Waals surface area contributed by atoms with Crippen LogP contribution in [0.1, 0.15) is 62.2 Å². The van der Waals surface area contributed by atoms with Crippen LogP contribution in [-0.2, 0) is 32.0 Å². The molecule has 2 heterocycles. The van der Waals surface area contributed by atoms with E-state index in [1.54, 1.807) is 13.8 Å². The monoisotopic (exact) mass is 420 g/mol. The highest BCUT2D eigenvalue weighted by atomic mass is 32.1. The van der Waals surface area contributed by atoms with Gasteiger partial charge in [0, 0.05) is 4.88 Å². The Bertz CT molecular complexity index is 976. The number of carbonyl (C=O) groups is 2. The number of thiophene rings is 1. The van der Waals surface area contributed by atoms with Crippen LogP contribution in [0.5, 0.6) is 0 Å². The number of hydrogen-bond donors (Lipinski definition) is 0. The van der Waals surface area contributed by atoms with Gasteiger partial charge in [0.1, 0.15) is 17.2 Å². The topological polar surface area (TPSA) is 87.5 Å². The van der Waals surface area contributed by atoms with E-state index < -0.39 is 11.9 Å². The third-order valence-electron chi connectivity index (χ3n) is 5.18. The second-order valence-corrected chi connectivity index (χ2v) is 8.85. The van der Waals surface area contributed by atoms with Crippen molar-refractivity contribution in [3.8, 4) is 0 Å². The number of esters is 2. The summed E-state index contributed by atoms with van der Waals surface area (Å²) in [6.07, 6.45) is 3.12. The maximum atomic E-state index is 13.3. The SMILES string of the molecule is CCOC(=O)C1CCCc2sc3nc(C)n(CC(=O)OCCC(C)C)c(=O)c3c21. The predicted molar refractivity (Wildman–Crippen MR) is 111 cm³/mol. The van der Waals surface area contributed by atoms with Gasteiger partial charge < -0.3 is 9.47 Å². The zero-order valence-corrected chi connectivity index (χ0v) is 18.3. The van der Waals surface area contributed by atoms with Gasteiger partial charge in [-0.2, -0.15) is 0 Å². The minimum atomic E-state index is -0.456. The van der Waals surface area contributed by atoms with Crippen molar-refractivity contribution in [1.29, 1.82) is 0 Å². The van der Waals surface area contributed by atoms with E-state index >= 15 is 0 Å². The smallest absolute Gasteiger partial charge is 0.326 e. The predicted octanol–water partition coefficient (Wildman–Crippen LogP) is 3.34. The highest BCUT2D eigenvalue weighted by Crippen LogP contribution is 2.41. The number of fused-ring (bicyclic) bond motifs is 3. The summed E-state index contributed by atoms with van der Waals surface area (Å²) < 4.78 is 11.9. The zero-order valence-electron chi connectivity index (χ0n) is 17.4. The number of aromatic nitrogens is 2. The van der Waals surface area contributed by atoms with E-state index in [9.17, 15) is 14.4 Å². The summed E-state index contributed by atoms with van der Waals surface area (Å²) in [6, 6.07) is 0. The lowest BCUT2D eigenvalue weighted by molar-refractivity contribution is -0.146. The Hall–Kier alpha value is -2.22. The van der Waals surface area contributed by atoms with Crippen LogP contribution in [0.4, 0.5) is 0 Å². The molecule has 29 heavy (non-hydrogen) atoms. The number of ether oxygens (including phenoxy) is 2. The molecule has 2 aromatic rings. The normalized spacial score (nSPS) is 16.1. The van der Waals surface area contributed by atoms with E-state index in [2.05, 4.69) is 18.8 Å². The summed E-state index contributed by atoms with van der Waals surface area (Å²) in [5.41, 5.74) is 0.455. The first-order valence-electron chi connectivity index (χ1n) is 10.2. The molecule has 0 bridgehead atoms. The highest BCUT2D eigenvalue weighted by Gasteiger charge is 2.33. The maximum Gasteiger partial charge on any atom is 0.326 e. The van der Waals surface area contributed by atoms with Crippen molar-refractivity contribution < 1.29 is 19.1 Å². The van der Waals surface area contributed by atoms with Crippen LogP contribution in [0, 0.1) is 12.8 Å². The highest BCUT2D eigenvalue weighted by molar-refractivity contribution is 7.18. The number of carbonyl (C=O) groups excluding carboxylic acids is 2. The van der Waals surface area contributed by atoms with Crippen LogP contribution in [0.15, 0.2) is 4.79 Å². The Kier molecular flexibility index (Phi) is 6.72. The summed E-state index contributed by atoms with van der Waals surface area (Å²) in [7, 11) is 0. The quantitative estimate of drug-likeness (QED) is 0.639. The van der Waals surface area contributed by atoms with Gasteiger partial charge in [-0.25, -0.2) is 4.98 Å². The van der Waals surface area contributed by atoms with Crippen molar-refractivity contribution in [3.63, 3.8) is 0 Å². The Morgan fingerprint density at radius 3 is 2.76 bits per heavy atom. The first-order chi connectivity index (χ1) is 13.8. The molecule has 0 fully saturated rings. The maximum absolute atomic E-state index is 13.3. The van der Waals surface area contributed by atoms with Gasteiger partial charge in [0.25, 0.3) is 5.56 Å². The van der Waals surface area contributed by atoms with Crippen molar-refractivity contribution >= 4 is 33.5 Å². The second-order valence-electron chi connectivity index (χ2n) is 7.77. The van der Waals surface area contributed by atoms with E-state index in [1.807, 2.05) is 0 Å². The molecule has 1 aliphatic carbocycles. The summed E-state index contributed by atoms with van der Waals surface area (Å²) >= 11 is 1.46. The zero-order chi connectivity index (χ0) is 21.1. The van der Waals surface area contributed by atoms with Gasteiger partial charge in [-0.15, -0.1) is 11.3 Å².